The average molecular weight is 231 g/mol. The SMILES string of the molecule is Oc1c(C2CCCCN2)cc(F)c(F)c1F. The predicted molar refractivity (Wildman–Crippen MR) is 52.6 cm³/mol. The quantitative estimate of drug-likeness (QED) is 0.728. The van der Waals surface area contributed by atoms with E-state index in [1.165, 1.54) is 0 Å². The molecule has 0 radical (unpaired) electrons. The van der Waals surface area contributed by atoms with Crippen molar-refractivity contribution >= 4 is 0 Å². The smallest absolute Gasteiger partial charge is 0.203 e. The summed E-state index contributed by atoms with van der Waals surface area (Å²) in [6, 6.07) is 0.551. The summed E-state index contributed by atoms with van der Waals surface area (Å²) in [6.45, 7) is 0.727. The summed E-state index contributed by atoms with van der Waals surface area (Å²) in [5.74, 6) is -5.20. The number of rotatable bonds is 1. The Balaban J connectivity index is 2.40. The van der Waals surface area contributed by atoms with Crippen LogP contribution < -0.4 is 5.32 Å². The molecular weight excluding hydrogens is 219 g/mol. The Morgan fingerprint density at radius 3 is 2.56 bits per heavy atom. The zero-order valence-corrected chi connectivity index (χ0v) is 8.56. The number of benzene rings is 1. The molecule has 1 aliphatic rings. The molecule has 1 aliphatic heterocycles. The van der Waals surface area contributed by atoms with E-state index >= 15 is 0 Å². The van der Waals surface area contributed by atoms with Gasteiger partial charge in [-0.15, -0.1) is 0 Å². The second-order valence-electron chi connectivity index (χ2n) is 3.93. The molecule has 2 nitrogen and oxygen atoms in total. The van der Waals surface area contributed by atoms with Crippen molar-refractivity contribution in [1.29, 1.82) is 0 Å². The third-order valence-corrected chi connectivity index (χ3v) is 2.85. The van der Waals surface area contributed by atoms with Gasteiger partial charge in [-0.2, -0.15) is 4.39 Å². The Hall–Kier alpha value is -1.23. The summed E-state index contributed by atoms with van der Waals surface area (Å²) in [5.41, 5.74) is 0.0936. The van der Waals surface area contributed by atoms with Gasteiger partial charge in [0.05, 0.1) is 0 Å². The van der Waals surface area contributed by atoms with Gasteiger partial charge in [0.25, 0.3) is 0 Å². The molecule has 0 saturated carbocycles. The number of nitrogens with one attached hydrogen (secondary N) is 1. The van der Waals surface area contributed by atoms with Crippen molar-refractivity contribution in [2.24, 2.45) is 0 Å². The lowest BCUT2D eigenvalue weighted by atomic mass is 9.96. The molecule has 1 aromatic carbocycles. The Kier molecular flexibility index (Phi) is 3.05. The molecule has 1 heterocycles. The van der Waals surface area contributed by atoms with E-state index in [1.54, 1.807) is 0 Å². The molecule has 2 N–H and O–H groups in total. The molecule has 2 rings (SSSR count). The number of piperidine rings is 1. The first-order valence-electron chi connectivity index (χ1n) is 5.21. The number of hydrogen-bond donors (Lipinski definition) is 2. The van der Waals surface area contributed by atoms with Crippen LogP contribution in [0, 0.1) is 17.5 Å². The topological polar surface area (TPSA) is 32.3 Å². The maximum absolute atomic E-state index is 13.1. The molecule has 16 heavy (non-hydrogen) atoms. The number of halogens is 3. The highest BCUT2D eigenvalue weighted by Gasteiger charge is 2.24. The van der Waals surface area contributed by atoms with Crippen molar-refractivity contribution < 1.29 is 18.3 Å². The van der Waals surface area contributed by atoms with Crippen molar-refractivity contribution in [3.05, 3.63) is 29.1 Å². The monoisotopic (exact) mass is 231 g/mol. The van der Waals surface area contributed by atoms with Crippen LogP contribution >= 0.6 is 0 Å². The summed E-state index contributed by atoms with van der Waals surface area (Å²) in [5, 5.41) is 12.5. The second kappa shape index (κ2) is 4.33. The minimum Gasteiger partial charge on any atom is -0.505 e. The molecule has 0 bridgehead atoms. The molecule has 0 aliphatic carbocycles. The van der Waals surface area contributed by atoms with Crippen molar-refractivity contribution in [3.63, 3.8) is 0 Å². The van der Waals surface area contributed by atoms with Crippen LogP contribution in [-0.4, -0.2) is 11.7 Å². The maximum atomic E-state index is 13.1. The number of hydrogen-bond acceptors (Lipinski definition) is 2. The third-order valence-electron chi connectivity index (χ3n) is 2.85. The van der Waals surface area contributed by atoms with Crippen LogP contribution in [0.4, 0.5) is 13.2 Å². The number of aromatic hydroxyl groups is 1. The highest BCUT2D eigenvalue weighted by atomic mass is 19.2. The van der Waals surface area contributed by atoms with Gasteiger partial charge >= 0.3 is 0 Å². The van der Waals surface area contributed by atoms with Crippen LogP contribution in [-0.2, 0) is 0 Å². The fourth-order valence-electron chi connectivity index (χ4n) is 1.99. The van der Waals surface area contributed by atoms with E-state index in [9.17, 15) is 18.3 Å². The van der Waals surface area contributed by atoms with Crippen LogP contribution in [0.3, 0.4) is 0 Å². The van der Waals surface area contributed by atoms with Gasteiger partial charge in [-0.1, -0.05) is 6.42 Å². The summed E-state index contributed by atoms with van der Waals surface area (Å²) in [4.78, 5) is 0. The van der Waals surface area contributed by atoms with Gasteiger partial charge in [0.1, 0.15) is 0 Å². The molecule has 0 spiro atoms. The Bertz CT molecular complexity index is 403. The minimum absolute atomic E-state index is 0.0936. The Morgan fingerprint density at radius 2 is 1.94 bits per heavy atom. The lowest BCUT2D eigenvalue weighted by molar-refractivity contribution is 0.354. The van der Waals surface area contributed by atoms with E-state index in [2.05, 4.69) is 5.32 Å². The summed E-state index contributed by atoms with van der Waals surface area (Å²) in [6.07, 6.45) is 2.58. The molecule has 5 heteroatoms. The largest absolute Gasteiger partial charge is 0.505 e. The summed E-state index contributed by atoms with van der Waals surface area (Å²) >= 11 is 0. The molecule has 0 aromatic heterocycles. The standard InChI is InChI=1S/C11H12F3NO/c12-7-5-6(8-3-1-2-4-15-8)11(16)10(14)9(7)13/h5,8,15-16H,1-4H2. The van der Waals surface area contributed by atoms with Crippen molar-refractivity contribution in [3.8, 4) is 5.75 Å². The molecule has 1 aromatic rings. The van der Waals surface area contributed by atoms with Gasteiger partial charge in [-0.05, 0) is 25.5 Å². The minimum atomic E-state index is -1.63. The van der Waals surface area contributed by atoms with Crippen LogP contribution in [0.5, 0.6) is 5.75 Å². The first-order valence-corrected chi connectivity index (χ1v) is 5.21. The molecule has 1 unspecified atom stereocenters. The number of phenolic OH excluding ortho intramolecular Hbond substituents is 1. The summed E-state index contributed by atoms with van der Waals surface area (Å²) in [7, 11) is 0. The molecule has 1 atom stereocenters. The zero-order valence-electron chi connectivity index (χ0n) is 8.56. The van der Waals surface area contributed by atoms with Gasteiger partial charge in [-0.25, -0.2) is 8.78 Å². The van der Waals surface area contributed by atoms with E-state index in [0.29, 0.717) is 6.42 Å². The normalized spacial score (nSPS) is 21.1. The highest BCUT2D eigenvalue weighted by Crippen LogP contribution is 2.33. The fourth-order valence-corrected chi connectivity index (χ4v) is 1.99. The molecule has 0 amide bonds. The molecule has 88 valence electrons. The van der Waals surface area contributed by atoms with E-state index in [1.807, 2.05) is 0 Å². The highest BCUT2D eigenvalue weighted by molar-refractivity contribution is 5.37. The first-order chi connectivity index (χ1) is 7.61. The maximum Gasteiger partial charge on any atom is 0.203 e. The van der Waals surface area contributed by atoms with Gasteiger partial charge in [0.15, 0.2) is 17.4 Å². The van der Waals surface area contributed by atoms with Gasteiger partial charge in [0, 0.05) is 11.6 Å². The van der Waals surface area contributed by atoms with Crippen molar-refractivity contribution in [1.82, 2.24) is 5.32 Å². The van der Waals surface area contributed by atoms with Crippen LogP contribution in [0.1, 0.15) is 30.9 Å². The first kappa shape index (κ1) is 11.3. The van der Waals surface area contributed by atoms with E-state index in [-0.39, 0.29) is 11.6 Å². The fraction of sp³-hybridized carbons (Fsp3) is 0.455. The third kappa shape index (κ3) is 1.87. The lowest BCUT2D eigenvalue weighted by Crippen LogP contribution is -2.27. The van der Waals surface area contributed by atoms with E-state index in [0.717, 1.165) is 25.5 Å². The van der Waals surface area contributed by atoms with Crippen molar-refractivity contribution in [2.45, 2.75) is 25.3 Å². The molecular formula is C11H12F3NO. The molecule has 1 fully saturated rings. The number of phenols is 1. The van der Waals surface area contributed by atoms with Gasteiger partial charge in [-0.3, -0.25) is 0 Å². The summed E-state index contributed by atoms with van der Waals surface area (Å²) < 4.78 is 38.9. The van der Waals surface area contributed by atoms with Crippen LogP contribution in [0.2, 0.25) is 0 Å². The van der Waals surface area contributed by atoms with Crippen LogP contribution in [0.25, 0.3) is 0 Å². The predicted octanol–water partition coefficient (Wildman–Crippen LogP) is 2.62. The lowest BCUT2D eigenvalue weighted by Gasteiger charge is -2.24. The Labute approximate surface area is 91.1 Å². The average Bonchev–Trinajstić information content (AvgIpc) is 2.32. The Morgan fingerprint density at radius 1 is 1.19 bits per heavy atom. The van der Waals surface area contributed by atoms with Crippen LogP contribution in [0.15, 0.2) is 6.07 Å². The van der Waals surface area contributed by atoms with E-state index in [4.69, 9.17) is 0 Å². The second-order valence-corrected chi connectivity index (χ2v) is 3.93. The van der Waals surface area contributed by atoms with E-state index < -0.39 is 23.2 Å². The molecule has 1 saturated heterocycles. The zero-order chi connectivity index (χ0) is 11.7. The van der Waals surface area contributed by atoms with Crippen molar-refractivity contribution in [2.75, 3.05) is 6.54 Å². The van der Waals surface area contributed by atoms with Gasteiger partial charge < -0.3 is 10.4 Å². The van der Waals surface area contributed by atoms with Gasteiger partial charge in [0.2, 0.25) is 5.82 Å².